The Morgan fingerprint density at radius 1 is 0.640 bits per heavy atom. The molecule has 8 aliphatic rings. The number of likely N-dealkylation sites (N-methyl/N-ethyl adjacent to an activating group) is 1. The summed E-state index contributed by atoms with van der Waals surface area (Å²) in [6.45, 7) is 13.4. The Hall–Kier alpha value is -4.45. The monoisotopic (exact) mass is 1270 g/mol. The highest BCUT2D eigenvalue weighted by Crippen LogP contribution is 2.71. The zero-order valence-electron chi connectivity index (χ0n) is 53.8. The molecule has 89 heavy (non-hydrogen) atoms. The summed E-state index contributed by atoms with van der Waals surface area (Å²) < 4.78 is 55.3. The van der Waals surface area contributed by atoms with E-state index >= 15 is 0 Å². The Morgan fingerprint density at radius 3 is 1.90 bits per heavy atom. The molecular weight excluding hydrogens is 1170 g/mol. The molecule has 0 bridgehead atoms. The molecule has 8 saturated carbocycles. The standard InChI is InChI=1S/C67H101NO20S/c1-37(14-21-58(77)85-51-12-10-11-13-52(51)88-89(82,83)87-43(32-55(72)73)36-68(7,8)9)44-16-18-46-61-47(24-27-65(44,46)5)63(3)26-23-42(29-40(63)31-53(61)86-59(78)35-67(81,62(79)80)34-56(74)75)84-57(76)20-15-38(2)45-17-19-48-60-49(33-54(71)66(45,48)6)64(4)25-22-41(69)28-39(64)30-50(60)70/h10-13,37-50,53-54,60-61,69-71,81H,14-36H2,1-9H3,(H2-,72,73,74,75,79,80)/p+1/t37-,38-,39+,40?,41-,42-,43?,44-,45-,46?,47?,48?,49?,50-,53-,54+,60?,61?,63+,64+,65-,66-,67?/m1/s1. The van der Waals surface area contributed by atoms with Gasteiger partial charge in [0.1, 0.15) is 24.9 Å². The van der Waals surface area contributed by atoms with E-state index in [1.54, 1.807) is 27.2 Å². The van der Waals surface area contributed by atoms with Crippen molar-refractivity contribution in [2.45, 2.75) is 225 Å². The summed E-state index contributed by atoms with van der Waals surface area (Å²) in [7, 11) is 0.445. The van der Waals surface area contributed by atoms with Crippen LogP contribution in [-0.4, -0.2) is 154 Å². The molecular formula is C67H102NO20S+. The summed E-state index contributed by atoms with van der Waals surface area (Å²) in [5.41, 5.74) is -3.88. The smallest absolute Gasteiger partial charge is 0.449 e. The van der Waals surface area contributed by atoms with Crippen LogP contribution in [0.15, 0.2) is 24.3 Å². The summed E-state index contributed by atoms with van der Waals surface area (Å²) in [6, 6.07) is 5.71. The zero-order chi connectivity index (χ0) is 65.1. The van der Waals surface area contributed by atoms with Crippen molar-refractivity contribution in [3.05, 3.63) is 24.3 Å². The fourth-order valence-electron chi connectivity index (χ4n) is 20.8. The number of aliphatic carboxylic acids is 3. The maximum atomic E-state index is 14.0. The lowest BCUT2D eigenvalue weighted by molar-refractivity contribution is -0.873. The molecule has 1 aromatic carbocycles. The molecule has 8 fully saturated rings. The fraction of sp³-hybridized carbons (Fsp3) is 0.821. The number of aliphatic hydroxyl groups excluding tert-OH is 3. The minimum Gasteiger partial charge on any atom is -0.481 e. The van der Waals surface area contributed by atoms with Crippen molar-refractivity contribution in [2.24, 2.45) is 92.7 Å². The SMILES string of the molecule is C[C@H](CCC(=O)O[C@@H]1CC[C@@]2(C)C(C1)C[C@@H](OC(=O)CC(O)(CC(=O)O)C(=O)O)C1C2CC[C@@]2(C)C1CC[C@@H]2[C@H](C)CCC(=O)Oc1ccccc1OS(=O)(=O)OC(CC(=O)O)C[N+](C)(C)C)[C@H]1CCC2C3C(C[C@H](O)[C@@]21C)[C@@]1(C)CC[C@@H](O)C[C@H]1C[C@H]3O. The molecule has 500 valence electrons. The number of benzene rings is 1. The fourth-order valence-corrected chi connectivity index (χ4v) is 21.6. The minimum atomic E-state index is -4.82. The third-order valence-electron chi connectivity index (χ3n) is 25.0. The lowest BCUT2D eigenvalue weighted by atomic mass is 9.43. The van der Waals surface area contributed by atoms with Crippen molar-refractivity contribution in [1.29, 1.82) is 0 Å². The average Bonchev–Trinajstić information content (AvgIpc) is 1.70. The second kappa shape index (κ2) is 26.2. The molecule has 7 N–H and O–H groups in total. The van der Waals surface area contributed by atoms with Gasteiger partial charge in [0, 0.05) is 18.8 Å². The van der Waals surface area contributed by atoms with Crippen molar-refractivity contribution < 1.29 is 100.0 Å². The maximum absolute atomic E-state index is 14.0. The number of para-hydroxylation sites is 2. The maximum Gasteiger partial charge on any atom is 0.449 e. The number of carboxylic acid groups (broad SMARTS) is 3. The van der Waals surface area contributed by atoms with E-state index in [0.717, 1.165) is 57.8 Å². The number of fused-ring (bicyclic) bond motifs is 10. The highest BCUT2D eigenvalue weighted by Gasteiger charge is 2.67. The first-order valence-corrected chi connectivity index (χ1v) is 34.4. The van der Waals surface area contributed by atoms with Crippen LogP contribution in [0.5, 0.6) is 11.5 Å². The number of carboxylic acids is 3. The van der Waals surface area contributed by atoms with Crippen LogP contribution in [0.2, 0.25) is 0 Å². The number of esters is 3. The molecule has 0 radical (unpaired) electrons. The molecule has 0 saturated heterocycles. The van der Waals surface area contributed by atoms with E-state index < -0.39 is 101 Å². The molecule has 1 aromatic rings. The van der Waals surface area contributed by atoms with Crippen molar-refractivity contribution in [1.82, 2.24) is 0 Å². The number of hydrogen-bond donors (Lipinski definition) is 7. The molecule has 0 spiro atoms. The van der Waals surface area contributed by atoms with Crippen LogP contribution in [0.1, 0.15) is 183 Å². The van der Waals surface area contributed by atoms with Crippen molar-refractivity contribution in [2.75, 3.05) is 27.7 Å². The van der Waals surface area contributed by atoms with Crippen LogP contribution < -0.4 is 8.92 Å². The second-order valence-electron chi connectivity index (χ2n) is 31.2. The van der Waals surface area contributed by atoms with Crippen LogP contribution in [-0.2, 0) is 52.8 Å². The third kappa shape index (κ3) is 14.2. The first kappa shape index (κ1) is 68.9. The van der Waals surface area contributed by atoms with E-state index in [4.69, 9.17) is 22.6 Å². The number of carbonyl (C=O) groups is 6. The van der Waals surface area contributed by atoms with Crippen molar-refractivity contribution in [3.63, 3.8) is 0 Å². The normalized spacial score (nSPS) is 39.1. The van der Waals surface area contributed by atoms with E-state index in [-0.39, 0.29) is 135 Å². The first-order chi connectivity index (χ1) is 41.5. The molecule has 0 amide bonds. The summed E-state index contributed by atoms with van der Waals surface area (Å²) in [6.07, 6.45) is 5.58. The molecule has 22 heteroatoms. The Balaban J connectivity index is 0.841. The number of nitrogens with zero attached hydrogens (tertiary/aromatic N) is 1. The second-order valence-corrected chi connectivity index (χ2v) is 32.4. The molecule has 9 rings (SSSR count). The van der Waals surface area contributed by atoms with Crippen LogP contribution >= 0.6 is 0 Å². The quantitative estimate of drug-likeness (QED) is 0.0290. The number of aliphatic hydroxyl groups is 4. The highest BCUT2D eigenvalue weighted by atomic mass is 32.3. The van der Waals surface area contributed by atoms with Gasteiger partial charge in [-0.15, -0.1) is 0 Å². The minimum absolute atomic E-state index is 0.00915. The van der Waals surface area contributed by atoms with Gasteiger partial charge < -0.3 is 58.6 Å². The van der Waals surface area contributed by atoms with Gasteiger partial charge in [0.05, 0.1) is 58.7 Å². The van der Waals surface area contributed by atoms with Crippen LogP contribution in [0.4, 0.5) is 0 Å². The van der Waals surface area contributed by atoms with Gasteiger partial charge in [0.15, 0.2) is 17.1 Å². The predicted octanol–water partition coefficient (Wildman–Crippen LogP) is 8.35. The number of ether oxygens (including phenoxy) is 3. The van der Waals surface area contributed by atoms with E-state index in [1.807, 2.05) is 0 Å². The lowest BCUT2D eigenvalue weighted by Crippen LogP contribution is -2.62. The Bertz CT molecular complexity index is 2900. The Morgan fingerprint density at radius 2 is 1.24 bits per heavy atom. The Kier molecular flexibility index (Phi) is 20.2. The van der Waals surface area contributed by atoms with Gasteiger partial charge in [0.25, 0.3) is 0 Å². The van der Waals surface area contributed by atoms with Crippen LogP contribution in [0.3, 0.4) is 0 Å². The van der Waals surface area contributed by atoms with Gasteiger partial charge in [-0.05, 0) is 208 Å². The molecule has 23 atom stereocenters. The van der Waals surface area contributed by atoms with Crippen LogP contribution in [0.25, 0.3) is 0 Å². The summed E-state index contributed by atoms with van der Waals surface area (Å²) in [5, 5.41) is 74.5. The van der Waals surface area contributed by atoms with Gasteiger partial charge in [-0.1, -0.05) is 53.7 Å². The van der Waals surface area contributed by atoms with E-state index in [0.29, 0.717) is 51.4 Å². The Labute approximate surface area is 525 Å². The molecule has 0 aromatic heterocycles. The molecule has 0 aliphatic heterocycles. The predicted molar refractivity (Wildman–Crippen MR) is 322 cm³/mol. The number of quaternary nitrogens is 1. The van der Waals surface area contributed by atoms with Crippen LogP contribution in [0, 0.1) is 92.7 Å². The highest BCUT2D eigenvalue weighted by molar-refractivity contribution is 7.82. The average molecular weight is 1270 g/mol. The largest absolute Gasteiger partial charge is 0.481 e. The zero-order valence-corrected chi connectivity index (χ0v) is 54.6. The molecule has 8 aliphatic carbocycles. The van der Waals surface area contributed by atoms with Gasteiger partial charge in [0.2, 0.25) is 0 Å². The van der Waals surface area contributed by atoms with Crippen molar-refractivity contribution in [3.8, 4) is 11.5 Å². The van der Waals surface area contributed by atoms with E-state index in [9.17, 15) is 72.9 Å². The topological polar surface area (TPSA) is 324 Å². The van der Waals surface area contributed by atoms with Gasteiger partial charge in [-0.25, -0.2) is 8.98 Å². The van der Waals surface area contributed by atoms with Gasteiger partial charge in [-0.2, -0.15) is 8.42 Å². The number of hydrogen-bond acceptors (Lipinski definition) is 17. The van der Waals surface area contributed by atoms with E-state index in [2.05, 4.69) is 41.5 Å². The molecule has 0 heterocycles. The van der Waals surface area contributed by atoms with Gasteiger partial charge >= 0.3 is 46.2 Å². The molecule has 21 nitrogen and oxygen atoms in total. The van der Waals surface area contributed by atoms with Gasteiger partial charge in [-0.3, -0.25) is 24.0 Å². The van der Waals surface area contributed by atoms with Crippen molar-refractivity contribution >= 4 is 46.2 Å². The summed E-state index contributed by atoms with van der Waals surface area (Å²) in [5.74, 6) is -6.27. The first-order valence-electron chi connectivity index (χ1n) is 33.1. The number of rotatable bonds is 24. The molecule has 9 unspecified atom stereocenters. The van der Waals surface area contributed by atoms with E-state index in [1.165, 1.54) is 18.2 Å². The lowest BCUT2D eigenvalue weighted by Gasteiger charge is -2.63. The number of carbonyl (C=O) groups excluding carboxylic acids is 3. The summed E-state index contributed by atoms with van der Waals surface area (Å²) >= 11 is 0. The summed E-state index contributed by atoms with van der Waals surface area (Å²) in [4.78, 5) is 77.2. The third-order valence-corrected chi connectivity index (χ3v) is 25.9.